The Hall–Kier alpha value is -3.02. The molecule has 136 valence electrons. The van der Waals surface area contributed by atoms with Crippen molar-refractivity contribution in [2.75, 3.05) is 24.9 Å². The minimum Gasteiger partial charge on any atom is -0.497 e. The maximum Gasteiger partial charge on any atom is 0.255 e. The van der Waals surface area contributed by atoms with Crippen LogP contribution in [0, 0.1) is 11.8 Å². The fourth-order valence-corrected chi connectivity index (χ4v) is 2.71. The standard InChI is InChI=1S/C20H22N2O4/c1-12-8-18(12)20(24)21-14-6-4-13(5-7-14)19(23)22-15-9-16(25-2)11-17(10-15)26-3/h4-7,9-12,18H,8H2,1-3H3,(H,21,24)(H,22,23). The third-order valence-electron chi connectivity index (χ3n) is 4.47. The van der Waals surface area contributed by atoms with Gasteiger partial charge in [-0.2, -0.15) is 0 Å². The minimum atomic E-state index is -0.256. The van der Waals surface area contributed by atoms with Crippen LogP contribution >= 0.6 is 0 Å². The molecule has 1 saturated carbocycles. The fraction of sp³-hybridized carbons (Fsp3) is 0.300. The lowest BCUT2D eigenvalue weighted by Crippen LogP contribution is -2.15. The molecule has 2 aromatic carbocycles. The van der Waals surface area contributed by atoms with E-state index in [0.717, 1.165) is 6.42 Å². The van der Waals surface area contributed by atoms with E-state index in [1.54, 1.807) is 56.7 Å². The molecule has 1 aliphatic rings. The van der Waals surface area contributed by atoms with Crippen molar-refractivity contribution in [3.8, 4) is 11.5 Å². The monoisotopic (exact) mass is 354 g/mol. The van der Waals surface area contributed by atoms with Gasteiger partial charge in [0.05, 0.1) is 14.2 Å². The summed E-state index contributed by atoms with van der Waals surface area (Å²) in [4.78, 5) is 24.4. The number of carbonyl (C=O) groups excluding carboxylic acids is 2. The second-order valence-electron chi connectivity index (χ2n) is 6.44. The summed E-state index contributed by atoms with van der Waals surface area (Å²) in [6, 6.07) is 12.0. The highest BCUT2D eigenvalue weighted by atomic mass is 16.5. The van der Waals surface area contributed by atoms with Crippen molar-refractivity contribution in [2.45, 2.75) is 13.3 Å². The molecule has 2 unspecified atom stereocenters. The zero-order valence-corrected chi connectivity index (χ0v) is 15.0. The number of anilines is 2. The first-order valence-electron chi connectivity index (χ1n) is 8.45. The molecule has 0 heterocycles. The van der Waals surface area contributed by atoms with Gasteiger partial charge in [-0.05, 0) is 36.6 Å². The van der Waals surface area contributed by atoms with Crippen LogP contribution in [0.25, 0.3) is 0 Å². The van der Waals surface area contributed by atoms with Gasteiger partial charge in [-0.15, -0.1) is 0 Å². The zero-order valence-electron chi connectivity index (χ0n) is 15.0. The fourth-order valence-electron chi connectivity index (χ4n) is 2.71. The Morgan fingerprint density at radius 3 is 2.00 bits per heavy atom. The Kier molecular flexibility index (Phi) is 5.11. The molecule has 6 heteroatoms. The third kappa shape index (κ3) is 4.14. The maximum atomic E-state index is 12.4. The number of amides is 2. The van der Waals surface area contributed by atoms with Crippen LogP contribution in [0.5, 0.6) is 11.5 Å². The lowest BCUT2D eigenvalue weighted by molar-refractivity contribution is -0.117. The van der Waals surface area contributed by atoms with E-state index in [0.29, 0.717) is 34.4 Å². The SMILES string of the molecule is COc1cc(NC(=O)c2ccc(NC(=O)C3CC3C)cc2)cc(OC)c1. The van der Waals surface area contributed by atoms with E-state index in [1.807, 2.05) is 0 Å². The minimum absolute atomic E-state index is 0.0400. The maximum absolute atomic E-state index is 12.4. The molecule has 0 aliphatic heterocycles. The predicted octanol–water partition coefficient (Wildman–Crippen LogP) is 3.55. The summed E-state index contributed by atoms with van der Waals surface area (Å²) in [7, 11) is 3.10. The van der Waals surface area contributed by atoms with Gasteiger partial charge in [-0.1, -0.05) is 6.92 Å². The Balaban J connectivity index is 1.65. The van der Waals surface area contributed by atoms with Gasteiger partial charge in [0.2, 0.25) is 5.91 Å². The number of methoxy groups -OCH3 is 2. The van der Waals surface area contributed by atoms with E-state index in [-0.39, 0.29) is 17.7 Å². The molecule has 2 aromatic rings. The van der Waals surface area contributed by atoms with Gasteiger partial charge in [0, 0.05) is 41.1 Å². The first-order valence-corrected chi connectivity index (χ1v) is 8.45. The van der Waals surface area contributed by atoms with Gasteiger partial charge >= 0.3 is 0 Å². The molecule has 6 nitrogen and oxygen atoms in total. The lowest BCUT2D eigenvalue weighted by atomic mass is 10.1. The predicted molar refractivity (Wildman–Crippen MR) is 99.8 cm³/mol. The highest BCUT2D eigenvalue weighted by Gasteiger charge is 2.39. The van der Waals surface area contributed by atoms with Crippen molar-refractivity contribution >= 4 is 23.2 Å². The van der Waals surface area contributed by atoms with Gasteiger partial charge in [-0.25, -0.2) is 0 Å². The lowest BCUT2D eigenvalue weighted by Gasteiger charge is -2.10. The summed E-state index contributed by atoms with van der Waals surface area (Å²) in [5, 5.41) is 5.69. The summed E-state index contributed by atoms with van der Waals surface area (Å²) in [6.07, 6.45) is 0.941. The van der Waals surface area contributed by atoms with Gasteiger partial charge in [0.25, 0.3) is 5.91 Å². The van der Waals surface area contributed by atoms with E-state index in [4.69, 9.17) is 9.47 Å². The average Bonchev–Trinajstić information content (AvgIpc) is 3.38. The van der Waals surface area contributed by atoms with Crippen LogP contribution < -0.4 is 20.1 Å². The van der Waals surface area contributed by atoms with Crippen molar-refractivity contribution in [1.29, 1.82) is 0 Å². The molecule has 1 fully saturated rings. The molecule has 3 rings (SSSR count). The van der Waals surface area contributed by atoms with Gasteiger partial charge in [-0.3, -0.25) is 9.59 Å². The highest BCUT2D eigenvalue weighted by molar-refractivity contribution is 6.05. The molecule has 0 spiro atoms. The van der Waals surface area contributed by atoms with Crippen molar-refractivity contribution in [3.63, 3.8) is 0 Å². The smallest absolute Gasteiger partial charge is 0.255 e. The molecule has 2 N–H and O–H groups in total. The van der Waals surface area contributed by atoms with Crippen LogP contribution in [-0.4, -0.2) is 26.0 Å². The molecule has 0 aromatic heterocycles. The number of rotatable bonds is 6. The van der Waals surface area contributed by atoms with E-state index in [1.165, 1.54) is 0 Å². The van der Waals surface area contributed by atoms with Crippen molar-refractivity contribution in [3.05, 3.63) is 48.0 Å². The second kappa shape index (κ2) is 7.47. The Labute approximate surface area is 152 Å². The summed E-state index contributed by atoms with van der Waals surface area (Å²) in [5.74, 6) is 1.53. The number of benzene rings is 2. The molecular weight excluding hydrogens is 332 g/mol. The normalized spacial score (nSPS) is 18.0. The topological polar surface area (TPSA) is 76.7 Å². The summed E-state index contributed by atoms with van der Waals surface area (Å²) >= 11 is 0. The van der Waals surface area contributed by atoms with Gasteiger partial charge < -0.3 is 20.1 Å². The zero-order chi connectivity index (χ0) is 18.7. The van der Waals surface area contributed by atoms with Crippen molar-refractivity contribution < 1.29 is 19.1 Å². The van der Waals surface area contributed by atoms with E-state index < -0.39 is 0 Å². The Bertz CT molecular complexity index is 795. The largest absolute Gasteiger partial charge is 0.497 e. The summed E-state index contributed by atoms with van der Waals surface area (Å²) < 4.78 is 10.4. The van der Waals surface area contributed by atoms with Crippen molar-refractivity contribution in [2.24, 2.45) is 11.8 Å². The van der Waals surface area contributed by atoms with E-state index in [9.17, 15) is 9.59 Å². The van der Waals surface area contributed by atoms with Crippen LogP contribution in [0.1, 0.15) is 23.7 Å². The van der Waals surface area contributed by atoms with E-state index >= 15 is 0 Å². The summed E-state index contributed by atoms with van der Waals surface area (Å²) in [5.41, 5.74) is 1.75. The summed E-state index contributed by atoms with van der Waals surface area (Å²) in [6.45, 7) is 2.06. The quantitative estimate of drug-likeness (QED) is 0.832. The molecule has 0 bridgehead atoms. The Morgan fingerprint density at radius 2 is 1.50 bits per heavy atom. The van der Waals surface area contributed by atoms with Crippen LogP contribution in [0.3, 0.4) is 0 Å². The van der Waals surface area contributed by atoms with Gasteiger partial charge in [0.15, 0.2) is 0 Å². The van der Waals surface area contributed by atoms with Gasteiger partial charge in [0.1, 0.15) is 11.5 Å². The molecule has 26 heavy (non-hydrogen) atoms. The first kappa shape index (κ1) is 17.8. The third-order valence-corrected chi connectivity index (χ3v) is 4.47. The number of carbonyl (C=O) groups is 2. The van der Waals surface area contributed by atoms with Crippen LogP contribution in [0.4, 0.5) is 11.4 Å². The van der Waals surface area contributed by atoms with Crippen LogP contribution in [0.2, 0.25) is 0 Å². The second-order valence-corrected chi connectivity index (χ2v) is 6.44. The van der Waals surface area contributed by atoms with Crippen LogP contribution in [0.15, 0.2) is 42.5 Å². The number of hydrogen-bond donors (Lipinski definition) is 2. The molecule has 2 amide bonds. The molecule has 2 atom stereocenters. The number of hydrogen-bond acceptors (Lipinski definition) is 4. The first-order chi connectivity index (χ1) is 12.5. The number of nitrogens with one attached hydrogen (secondary N) is 2. The highest BCUT2D eigenvalue weighted by Crippen LogP contribution is 2.38. The molecular formula is C20H22N2O4. The number of ether oxygens (including phenoxy) is 2. The van der Waals surface area contributed by atoms with E-state index in [2.05, 4.69) is 17.6 Å². The molecule has 0 radical (unpaired) electrons. The van der Waals surface area contributed by atoms with Crippen LogP contribution in [-0.2, 0) is 4.79 Å². The molecule has 1 aliphatic carbocycles. The average molecular weight is 354 g/mol. The molecule has 0 saturated heterocycles. The Morgan fingerprint density at radius 1 is 0.923 bits per heavy atom. The van der Waals surface area contributed by atoms with Crippen molar-refractivity contribution in [1.82, 2.24) is 0 Å².